The van der Waals surface area contributed by atoms with Crippen LogP contribution in [-0.4, -0.2) is 133 Å². The average Bonchev–Trinajstić information content (AvgIpc) is 3.13. The van der Waals surface area contributed by atoms with Crippen molar-refractivity contribution in [2.45, 2.75) is 142 Å². The molecule has 1 saturated heterocycles. The molecular weight excluding hydrogens is 827 g/mol. The fourth-order valence-corrected chi connectivity index (χ4v) is 6.05. The quantitative estimate of drug-likeness (QED) is 0.101. The highest BCUT2D eigenvalue weighted by molar-refractivity contribution is 7.91. The van der Waals surface area contributed by atoms with Gasteiger partial charge in [0.25, 0.3) is 0 Å². The van der Waals surface area contributed by atoms with Gasteiger partial charge in [-0.05, 0) is 161 Å². The Kier molecular flexibility index (Phi) is 33.7. The number of carbonyl (C=O) groups excluding carboxylic acids is 1. The normalized spacial score (nSPS) is 13.6. The number of hydrogen-bond acceptors (Lipinski definition) is 9. The second-order valence-electron chi connectivity index (χ2n) is 22.3. The topological polar surface area (TPSA) is 99.4 Å². The highest BCUT2D eigenvalue weighted by Gasteiger charge is 2.20. The summed E-state index contributed by atoms with van der Waals surface area (Å²) in [6.45, 7) is 40.6. The molecule has 1 aromatic rings. The summed E-state index contributed by atoms with van der Waals surface area (Å²) >= 11 is 0. The Labute approximate surface area is 403 Å². The first kappa shape index (κ1) is 66.0. The van der Waals surface area contributed by atoms with Crippen LogP contribution in [0.15, 0.2) is 24.3 Å². The van der Waals surface area contributed by atoms with E-state index in [2.05, 4.69) is 200 Å². The van der Waals surface area contributed by atoms with E-state index in [4.69, 9.17) is 5.73 Å². The lowest BCUT2D eigenvalue weighted by atomic mass is 9.86. The van der Waals surface area contributed by atoms with Crippen LogP contribution in [0.2, 0.25) is 0 Å². The van der Waals surface area contributed by atoms with Gasteiger partial charge in [0.05, 0.1) is 31.2 Å². The van der Waals surface area contributed by atoms with Gasteiger partial charge in [0.15, 0.2) is 9.84 Å². The molecule has 372 valence electrons. The Morgan fingerprint density at radius 2 is 1.22 bits per heavy atom. The van der Waals surface area contributed by atoms with E-state index < -0.39 is 15.8 Å². The Hall–Kier alpha value is -3.32. The SMILES string of the molecule is CC(C)(C)C#CCCCCN.CC(C)(C)C#CCN1CCS(=O)(=O)CC1.CCOC(=O)C#CC(C)(C)C.CN(C)CC#CC(C)(C)C.CN(C)CCN(C)Cc1cccc(C(C)(C)C)c1. The molecule has 1 aliphatic rings. The van der Waals surface area contributed by atoms with Gasteiger partial charge >= 0.3 is 5.97 Å². The molecule has 0 radical (unpaired) electrons. The van der Waals surface area contributed by atoms with Crippen LogP contribution in [0, 0.1) is 69.0 Å². The zero-order valence-corrected chi connectivity index (χ0v) is 46.4. The number of esters is 1. The minimum absolute atomic E-state index is 0.0296. The number of sulfone groups is 1. The molecule has 0 spiro atoms. The minimum Gasteiger partial charge on any atom is -0.456 e. The molecule has 1 aliphatic heterocycles. The van der Waals surface area contributed by atoms with E-state index >= 15 is 0 Å². The molecule has 0 bridgehead atoms. The van der Waals surface area contributed by atoms with Crippen molar-refractivity contribution in [2.24, 2.45) is 27.4 Å². The number of hydrogen-bond donors (Lipinski definition) is 1. The summed E-state index contributed by atoms with van der Waals surface area (Å²) in [7, 11) is 7.72. The lowest BCUT2D eigenvalue weighted by molar-refractivity contribution is -0.136. The molecule has 0 amide bonds. The molecular formula is C55H97N5O4S. The van der Waals surface area contributed by atoms with E-state index in [9.17, 15) is 13.2 Å². The summed E-state index contributed by atoms with van der Waals surface area (Å²) in [5.74, 6) is 24.2. The summed E-state index contributed by atoms with van der Waals surface area (Å²) in [5.41, 5.74) is 8.61. The van der Waals surface area contributed by atoms with Gasteiger partial charge in [-0.3, -0.25) is 9.80 Å². The molecule has 10 heteroatoms. The summed E-state index contributed by atoms with van der Waals surface area (Å²) in [4.78, 5) is 19.5. The second-order valence-corrected chi connectivity index (χ2v) is 24.6. The zero-order chi connectivity index (χ0) is 51.1. The van der Waals surface area contributed by atoms with Crippen LogP contribution in [0.1, 0.15) is 141 Å². The maximum absolute atomic E-state index is 11.2. The molecule has 2 rings (SSSR count). The van der Waals surface area contributed by atoms with Crippen molar-refractivity contribution in [3.05, 3.63) is 35.4 Å². The second kappa shape index (κ2) is 33.2. The third kappa shape index (κ3) is 49.9. The van der Waals surface area contributed by atoms with Crippen molar-refractivity contribution in [2.75, 3.05) is 99.2 Å². The number of likely N-dealkylation sites (N-methyl/N-ethyl adjacent to an activating group) is 2. The molecule has 1 fully saturated rings. The number of nitrogens with zero attached hydrogens (tertiary/aromatic N) is 4. The summed E-state index contributed by atoms with van der Waals surface area (Å²) in [6, 6.07) is 8.96. The van der Waals surface area contributed by atoms with E-state index in [0.29, 0.717) is 26.2 Å². The van der Waals surface area contributed by atoms with Crippen molar-refractivity contribution in [3.8, 4) is 47.4 Å². The zero-order valence-electron chi connectivity index (χ0n) is 45.6. The maximum atomic E-state index is 11.2. The van der Waals surface area contributed by atoms with Crippen molar-refractivity contribution >= 4 is 15.8 Å². The number of benzene rings is 1. The predicted molar refractivity (Wildman–Crippen MR) is 282 cm³/mol. The number of rotatable bonds is 11. The Morgan fingerprint density at radius 1 is 0.708 bits per heavy atom. The minimum atomic E-state index is -2.76. The van der Waals surface area contributed by atoms with Gasteiger partial charge in [0.1, 0.15) is 0 Å². The molecule has 0 atom stereocenters. The first-order valence-electron chi connectivity index (χ1n) is 23.4. The molecule has 9 nitrogen and oxygen atoms in total. The smallest absolute Gasteiger partial charge is 0.384 e. The van der Waals surface area contributed by atoms with Crippen LogP contribution in [0.25, 0.3) is 0 Å². The Morgan fingerprint density at radius 3 is 1.66 bits per heavy atom. The van der Waals surface area contributed by atoms with Crippen molar-refractivity contribution in [1.82, 2.24) is 19.6 Å². The molecule has 0 aromatic heterocycles. The van der Waals surface area contributed by atoms with Gasteiger partial charge in [-0.1, -0.05) is 80.6 Å². The van der Waals surface area contributed by atoms with Crippen LogP contribution >= 0.6 is 0 Å². The van der Waals surface area contributed by atoms with Crippen molar-refractivity contribution < 1.29 is 17.9 Å². The van der Waals surface area contributed by atoms with Gasteiger partial charge in [-0.2, -0.15) is 0 Å². The standard InChI is InChI=1S/C16H28N2.C11H19NO2S.C10H19N.C9H17N.C9H14O2/c1-16(2,3)15-9-7-8-14(12-15)13-18(6)11-10-17(4)5;1-11(2,3)5-4-6-12-7-9-15(13,14)10-8-12;1-10(2,3)8-6-4-5-7-9-11;1-9(2,3)7-6-8-10(4)5;1-5-11-8(10)6-7-9(2,3)4/h7-9,12H,10-11,13H2,1-6H3;6-10H2,1-3H3;4-5,7,9,11H2,1-3H3;8H2,1-5H3;5H2,1-4H3. The first-order valence-corrected chi connectivity index (χ1v) is 25.2. The lowest BCUT2D eigenvalue weighted by Crippen LogP contribution is -2.40. The van der Waals surface area contributed by atoms with Gasteiger partial charge in [0.2, 0.25) is 0 Å². The maximum Gasteiger partial charge on any atom is 0.384 e. The molecule has 0 saturated carbocycles. The van der Waals surface area contributed by atoms with Crippen LogP contribution < -0.4 is 5.73 Å². The molecule has 65 heavy (non-hydrogen) atoms. The van der Waals surface area contributed by atoms with Crippen molar-refractivity contribution in [3.63, 3.8) is 0 Å². The third-order valence-corrected chi connectivity index (χ3v) is 9.88. The van der Waals surface area contributed by atoms with Crippen LogP contribution in [0.4, 0.5) is 0 Å². The largest absolute Gasteiger partial charge is 0.456 e. The lowest BCUT2D eigenvalue weighted by Gasteiger charge is -2.24. The molecule has 0 aliphatic carbocycles. The predicted octanol–water partition coefficient (Wildman–Crippen LogP) is 9.11. The monoisotopic (exact) mass is 924 g/mol. The van der Waals surface area contributed by atoms with Crippen LogP contribution in [0.3, 0.4) is 0 Å². The third-order valence-electron chi connectivity index (χ3n) is 8.27. The van der Waals surface area contributed by atoms with Crippen LogP contribution in [-0.2, 0) is 31.3 Å². The van der Waals surface area contributed by atoms with E-state index in [1.54, 1.807) is 6.92 Å². The molecule has 2 N–H and O–H groups in total. The van der Waals surface area contributed by atoms with Gasteiger partial charge in [-0.25, -0.2) is 13.2 Å². The van der Waals surface area contributed by atoms with E-state index in [0.717, 1.165) is 52.0 Å². The van der Waals surface area contributed by atoms with Gasteiger partial charge in [-0.15, -0.1) is 5.92 Å². The van der Waals surface area contributed by atoms with E-state index in [1.165, 1.54) is 11.1 Å². The summed E-state index contributed by atoms with van der Waals surface area (Å²) in [6.07, 6.45) is 3.23. The number of unbranched alkanes of at least 4 members (excludes halogenated alkanes) is 2. The Bertz CT molecular complexity index is 1810. The Balaban J connectivity index is -0.000000755. The highest BCUT2D eigenvalue weighted by atomic mass is 32.2. The summed E-state index contributed by atoms with van der Waals surface area (Å²) < 4.78 is 27.0. The van der Waals surface area contributed by atoms with Crippen LogP contribution in [0.5, 0.6) is 0 Å². The fraction of sp³-hybridized carbons (Fsp3) is 0.727. The van der Waals surface area contributed by atoms with E-state index in [1.807, 2.05) is 34.9 Å². The number of ether oxygens (including phenoxy) is 1. The molecule has 1 aromatic carbocycles. The van der Waals surface area contributed by atoms with Crippen molar-refractivity contribution in [1.29, 1.82) is 0 Å². The molecule has 1 heterocycles. The number of carbonyl (C=O) groups is 1. The fourth-order valence-electron chi connectivity index (χ4n) is 4.78. The first-order chi connectivity index (χ1) is 29.5. The highest BCUT2D eigenvalue weighted by Crippen LogP contribution is 2.23. The van der Waals surface area contributed by atoms with E-state index in [-0.39, 0.29) is 38.6 Å². The van der Waals surface area contributed by atoms with Gasteiger partial charge in [0, 0.05) is 66.7 Å². The van der Waals surface area contributed by atoms with Gasteiger partial charge < -0.3 is 20.3 Å². The summed E-state index contributed by atoms with van der Waals surface area (Å²) in [5, 5.41) is 0. The number of nitrogens with two attached hydrogens (primary N) is 1. The average molecular weight is 924 g/mol. The molecule has 0 unspecified atom stereocenters.